The van der Waals surface area contributed by atoms with Crippen LogP contribution in [0.1, 0.15) is 17.0 Å². The smallest absolute Gasteiger partial charge is 0.289 e. The van der Waals surface area contributed by atoms with E-state index in [1.165, 1.54) is 0 Å². The van der Waals surface area contributed by atoms with Gasteiger partial charge >= 0.3 is 0 Å². The van der Waals surface area contributed by atoms with Crippen molar-refractivity contribution in [1.82, 2.24) is 4.73 Å². The van der Waals surface area contributed by atoms with E-state index in [1.807, 2.05) is 13.0 Å². The van der Waals surface area contributed by atoms with Crippen LogP contribution in [0.4, 0.5) is 0 Å². The summed E-state index contributed by atoms with van der Waals surface area (Å²) in [5.74, 6) is 0. The molecule has 2 aromatic rings. The van der Waals surface area contributed by atoms with E-state index in [0.29, 0.717) is 22.4 Å². The topological polar surface area (TPSA) is 51.0 Å². The molecule has 78 valence electrons. The van der Waals surface area contributed by atoms with Crippen molar-refractivity contribution in [2.24, 2.45) is 0 Å². The second-order valence-corrected chi connectivity index (χ2v) is 3.70. The van der Waals surface area contributed by atoms with Gasteiger partial charge in [0.25, 0.3) is 11.2 Å². The summed E-state index contributed by atoms with van der Waals surface area (Å²) in [5, 5.41) is 11.8. The van der Waals surface area contributed by atoms with E-state index in [1.54, 1.807) is 26.0 Å². The molecule has 0 aliphatic carbocycles. The Bertz CT molecular complexity index is 600. The molecular formula is C11H12N2O2. The molecule has 0 bridgehead atoms. The van der Waals surface area contributed by atoms with Gasteiger partial charge in [-0.1, -0.05) is 12.1 Å². The lowest BCUT2D eigenvalue weighted by Gasteiger charge is -2.15. The molecule has 15 heavy (non-hydrogen) atoms. The average molecular weight is 204 g/mol. The number of hydrogen-bond donors (Lipinski definition) is 0. The fraction of sp³-hybridized carbons (Fsp3) is 0.273. The minimum absolute atomic E-state index is 0.424. The van der Waals surface area contributed by atoms with Crippen LogP contribution in [0.25, 0.3) is 11.0 Å². The molecule has 0 aliphatic heterocycles. The molecule has 1 aromatic heterocycles. The van der Waals surface area contributed by atoms with Gasteiger partial charge in [0.05, 0.1) is 10.1 Å². The van der Waals surface area contributed by atoms with Gasteiger partial charge in [-0.15, -0.1) is 0 Å². The highest BCUT2D eigenvalue weighted by atomic mass is 16.5. The summed E-state index contributed by atoms with van der Waals surface area (Å²) in [4.78, 5) is 11.9. The Kier molecular flexibility index (Phi) is 2.00. The summed E-state index contributed by atoms with van der Waals surface area (Å²) in [6, 6.07) is 5.27. The molecule has 0 saturated heterocycles. The number of nitrogens with zero attached hydrogens (tertiary/aromatic N) is 2. The van der Waals surface area contributed by atoms with E-state index in [4.69, 9.17) is 0 Å². The van der Waals surface area contributed by atoms with Crippen molar-refractivity contribution >= 4 is 11.0 Å². The van der Waals surface area contributed by atoms with Gasteiger partial charge in [-0.2, -0.15) is 0 Å². The Labute approximate surface area is 87.0 Å². The van der Waals surface area contributed by atoms with E-state index in [9.17, 15) is 10.1 Å². The Morgan fingerprint density at radius 1 is 1.27 bits per heavy atom. The Balaban J connectivity index is 3.15. The molecule has 0 fully saturated rings. The summed E-state index contributed by atoms with van der Waals surface area (Å²) in [6.07, 6.45) is 0. The van der Waals surface area contributed by atoms with Crippen LogP contribution in [0, 0.1) is 30.9 Å². The zero-order valence-corrected chi connectivity index (χ0v) is 8.94. The quantitative estimate of drug-likeness (QED) is 0.615. The molecule has 2 rings (SSSR count). The number of aromatic nitrogens is 2. The van der Waals surface area contributed by atoms with Crippen molar-refractivity contribution in [2.75, 3.05) is 0 Å². The lowest BCUT2D eigenvalue weighted by atomic mass is 10.2. The molecule has 4 nitrogen and oxygen atoms in total. The molecule has 1 aromatic carbocycles. The minimum Gasteiger partial charge on any atom is -0.805 e. The second-order valence-electron chi connectivity index (χ2n) is 3.70. The SMILES string of the molecule is Cc1cccc2c1[n+](=O)c(C)c(C)n2[O-]. The van der Waals surface area contributed by atoms with Gasteiger partial charge in [0.1, 0.15) is 5.52 Å². The first kappa shape index (κ1) is 9.71. The Hall–Kier alpha value is -1.84. The fourth-order valence-electron chi connectivity index (χ4n) is 1.71. The lowest BCUT2D eigenvalue weighted by molar-refractivity contribution is -0.474. The van der Waals surface area contributed by atoms with Gasteiger partial charge in [0.15, 0.2) is 0 Å². The summed E-state index contributed by atoms with van der Waals surface area (Å²) in [6.45, 7) is 5.13. The summed E-state index contributed by atoms with van der Waals surface area (Å²) in [7, 11) is 0. The summed E-state index contributed by atoms with van der Waals surface area (Å²) in [5.41, 5.74) is 2.59. The predicted molar refractivity (Wildman–Crippen MR) is 58.3 cm³/mol. The molecule has 0 spiro atoms. The maximum Gasteiger partial charge on any atom is 0.289 e. The number of hydrogen-bond acceptors (Lipinski definition) is 2. The first-order chi connectivity index (χ1) is 7.04. The minimum atomic E-state index is 0.424. The molecule has 1 heterocycles. The van der Waals surface area contributed by atoms with E-state index < -0.39 is 0 Å². The maximum atomic E-state index is 11.9. The summed E-state index contributed by atoms with van der Waals surface area (Å²) < 4.78 is 1.64. The molecule has 0 unspecified atom stereocenters. The van der Waals surface area contributed by atoms with Gasteiger partial charge in [0, 0.05) is 17.4 Å². The third-order valence-corrected chi connectivity index (χ3v) is 2.77. The third kappa shape index (κ3) is 1.21. The molecule has 0 N–H and O–H groups in total. The van der Waals surface area contributed by atoms with Crippen LogP contribution >= 0.6 is 0 Å². The highest BCUT2D eigenvalue weighted by Crippen LogP contribution is 2.16. The van der Waals surface area contributed by atoms with Crippen molar-refractivity contribution in [3.8, 4) is 0 Å². The van der Waals surface area contributed by atoms with E-state index >= 15 is 0 Å². The molecule has 0 saturated carbocycles. The maximum absolute atomic E-state index is 11.9. The second kappa shape index (κ2) is 3.08. The van der Waals surface area contributed by atoms with Crippen molar-refractivity contribution in [3.63, 3.8) is 0 Å². The summed E-state index contributed by atoms with van der Waals surface area (Å²) >= 11 is 0. The van der Waals surface area contributed by atoms with Crippen LogP contribution in [-0.2, 0) is 0 Å². The van der Waals surface area contributed by atoms with Crippen LogP contribution in [0.15, 0.2) is 18.2 Å². The molecule has 4 heteroatoms. The zero-order chi connectivity index (χ0) is 11.2. The first-order valence-electron chi connectivity index (χ1n) is 4.75. The molecule has 0 radical (unpaired) electrons. The van der Waals surface area contributed by atoms with Crippen molar-refractivity contribution in [2.45, 2.75) is 20.8 Å². The van der Waals surface area contributed by atoms with Crippen molar-refractivity contribution in [3.05, 3.63) is 45.3 Å². The van der Waals surface area contributed by atoms with Gasteiger partial charge in [-0.3, -0.25) is 0 Å². The first-order valence-corrected chi connectivity index (χ1v) is 4.75. The number of aryl methyl sites for hydroxylation is 1. The highest BCUT2D eigenvalue weighted by molar-refractivity contribution is 5.75. The highest BCUT2D eigenvalue weighted by Gasteiger charge is 2.17. The number of rotatable bonds is 0. The monoisotopic (exact) mass is 204 g/mol. The number of fused-ring (bicyclic) bond motifs is 1. The van der Waals surface area contributed by atoms with Crippen LogP contribution in [0.2, 0.25) is 0 Å². The van der Waals surface area contributed by atoms with Gasteiger partial charge in [0.2, 0.25) is 0 Å². The number of benzene rings is 1. The van der Waals surface area contributed by atoms with E-state index in [0.717, 1.165) is 14.7 Å². The van der Waals surface area contributed by atoms with Crippen LogP contribution in [-0.4, -0.2) is 4.73 Å². The van der Waals surface area contributed by atoms with Crippen LogP contribution in [0.5, 0.6) is 0 Å². The Morgan fingerprint density at radius 3 is 2.60 bits per heavy atom. The third-order valence-electron chi connectivity index (χ3n) is 2.77. The van der Waals surface area contributed by atoms with Crippen LogP contribution in [0.3, 0.4) is 0 Å². The normalized spacial score (nSPS) is 10.9. The lowest BCUT2D eigenvalue weighted by Crippen LogP contribution is -2.25. The van der Waals surface area contributed by atoms with Gasteiger partial charge < -0.3 is 9.94 Å². The van der Waals surface area contributed by atoms with E-state index in [-0.39, 0.29) is 0 Å². The van der Waals surface area contributed by atoms with Gasteiger partial charge in [-0.25, -0.2) is 0 Å². The average Bonchev–Trinajstić information content (AvgIpc) is 2.23. The fourth-order valence-corrected chi connectivity index (χ4v) is 1.71. The zero-order valence-electron chi connectivity index (χ0n) is 8.94. The molecule has 0 amide bonds. The van der Waals surface area contributed by atoms with E-state index in [2.05, 4.69) is 0 Å². The molecule has 0 atom stereocenters. The molecule has 0 aliphatic rings. The van der Waals surface area contributed by atoms with Crippen molar-refractivity contribution in [1.29, 1.82) is 0 Å². The largest absolute Gasteiger partial charge is 0.805 e. The van der Waals surface area contributed by atoms with Crippen LogP contribution < -0.4 is 4.43 Å². The molecular weight excluding hydrogens is 192 g/mol. The standard InChI is InChI=1S/C11H12N2O2/c1-7-5-4-6-10-11(7)13(15)9(3)8(2)12(10)14/h4-6H,1-3H3. The predicted octanol–water partition coefficient (Wildman–Crippen LogP) is 1.83. The Morgan fingerprint density at radius 2 is 1.93 bits per heavy atom. The van der Waals surface area contributed by atoms with Crippen molar-refractivity contribution < 1.29 is 4.43 Å². The van der Waals surface area contributed by atoms with Gasteiger partial charge in [-0.05, 0) is 19.9 Å². The number of para-hydroxylation sites is 1.